The molecule has 0 bridgehead atoms. The predicted octanol–water partition coefficient (Wildman–Crippen LogP) is 5.73. The number of anilines is 2. The van der Waals surface area contributed by atoms with Crippen LogP contribution in [0.1, 0.15) is 16.7 Å². The Bertz CT molecular complexity index is 1510. The van der Waals surface area contributed by atoms with Crippen molar-refractivity contribution in [3.8, 4) is 0 Å². The van der Waals surface area contributed by atoms with Crippen molar-refractivity contribution in [3.05, 3.63) is 101 Å². The largest absolute Gasteiger partial charge is 0.324 e. The molecule has 0 spiro atoms. The highest BCUT2D eigenvalue weighted by Gasteiger charge is 2.28. The molecule has 1 aliphatic carbocycles. The molecule has 5 nitrogen and oxygen atoms in total. The van der Waals surface area contributed by atoms with Crippen LogP contribution in [0.5, 0.6) is 0 Å². The molecule has 4 aromatic rings. The molecule has 0 saturated heterocycles. The highest BCUT2D eigenvalue weighted by atomic mass is 35.5. The number of hydrogen-bond acceptors (Lipinski definition) is 3. The highest BCUT2D eigenvalue weighted by molar-refractivity contribution is 7.92. The summed E-state index contributed by atoms with van der Waals surface area (Å²) in [5.74, 6) is -0.435. The number of rotatable bonds is 6. The Morgan fingerprint density at radius 3 is 2.41 bits per heavy atom. The second-order valence-electron chi connectivity index (χ2n) is 8.42. The summed E-state index contributed by atoms with van der Waals surface area (Å²) in [6.45, 7) is 1.45. The van der Waals surface area contributed by atoms with E-state index in [4.69, 9.17) is 11.6 Å². The lowest BCUT2D eigenvalue weighted by Crippen LogP contribution is -2.38. The molecule has 5 rings (SSSR count). The van der Waals surface area contributed by atoms with E-state index in [1.165, 1.54) is 28.6 Å². The Kier molecular flexibility index (Phi) is 5.80. The van der Waals surface area contributed by atoms with Gasteiger partial charge in [0, 0.05) is 16.1 Å². The van der Waals surface area contributed by atoms with Crippen LogP contribution in [0.4, 0.5) is 11.4 Å². The van der Waals surface area contributed by atoms with Gasteiger partial charge in [-0.1, -0.05) is 60.1 Å². The van der Waals surface area contributed by atoms with Gasteiger partial charge in [0.15, 0.2) is 0 Å². The molecule has 0 aromatic heterocycles. The Balaban J connectivity index is 1.50. The fourth-order valence-electron chi connectivity index (χ4n) is 4.45. The molecule has 0 radical (unpaired) electrons. The molecule has 0 saturated carbocycles. The molecule has 7 heteroatoms. The van der Waals surface area contributed by atoms with Crippen molar-refractivity contribution in [2.45, 2.75) is 24.7 Å². The topological polar surface area (TPSA) is 66.5 Å². The lowest BCUT2D eigenvalue weighted by molar-refractivity contribution is -0.114. The van der Waals surface area contributed by atoms with Crippen molar-refractivity contribution < 1.29 is 13.2 Å². The average molecular weight is 491 g/mol. The molecular formula is C27H23ClN2O3S. The SMILES string of the molecule is Cc1ccc(N(CC(=O)Nc2ccc3c4c(cccc24)CC3)S(=O)(=O)c2ccccc2)cc1Cl. The van der Waals surface area contributed by atoms with Crippen LogP contribution in [0, 0.1) is 6.92 Å². The third-order valence-electron chi connectivity index (χ3n) is 6.21. The van der Waals surface area contributed by atoms with E-state index in [0.717, 1.165) is 28.1 Å². The van der Waals surface area contributed by atoms with Gasteiger partial charge in [0.1, 0.15) is 6.54 Å². The summed E-state index contributed by atoms with van der Waals surface area (Å²) in [6.07, 6.45) is 1.97. The van der Waals surface area contributed by atoms with Crippen molar-refractivity contribution in [2.24, 2.45) is 0 Å². The molecule has 1 amide bonds. The molecule has 0 unspecified atom stereocenters. The summed E-state index contributed by atoms with van der Waals surface area (Å²) in [5.41, 5.74) is 4.36. The molecule has 1 N–H and O–H groups in total. The molecule has 0 atom stereocenters. The normalized spacial score (nSPS) is 12.6. The van der Waals surface area contributed by atoms with E-state index < -0.39 is 15.9 Å². The molecule has 0 aliphatic heterocycles. The molecule has 34 heavy (non-hydrogen) atoms. The van der Waals surface area contributed by atoms with Crippen LogP contribution < -0.4 is 9.62 Å². The summed E-state index contributed by atoms with van der Waals surface area (Å²) in [5, 5.41) is 5.52. The zero-order valence-electron chi connectivity index (χ0n) is 18.6. The molecular weight excluding hydrogens is 468 g/mol. The summed E-state index contributed by atoms with van der Waals surface area (Å²) in [7, 11) is -4.00. The van der Waals surface area contributed by atoms with E-state index in [2.05, 4.69) is 11.4 Å². The monoisotopic (exact) mass is 490 g/mol. The number of nitrogens with zero attached hydrogens (tertiary/aromatic N) is 1. The van der Waals surface area contributed by atoms with Crippen LogP contribution in [0.25, 0.3) is 10.8 Å². The van der Waals surface area contributed by atoms with Gasteiger partial charge in [0.05, 0.1) is 10.6 Å². The van der Waals surface area contributed by atoms with Gasteiger partial charge in [-0.15, -0.1) is 0 Å². The minimum absolute atomic E-state index is 0.102. The lowest BCUT2D eigenvalue weighted by atomic mass is 10.0. The molecule has 1 aliphatic rings. The van der Waals surface area contributed by atoms with E-state index in [0.29, 0.717) is 16.4 Å². The van der Waals surface area contributed by atoms with Gasteiger partial charge < -0.3 is 5.32 Å². The van der Waals surface area contributed by atoms with E-state index >= 15 is 0 Å². The number of halogens is 1. The first-order valence-corrected chi connectivity index (χ1v) is 12.8. The maximum absolute atomic E-state index is 13.5. The van der Waals surface area contributed by atoms with Gasteiger partial charge in [-0.2, -0.15) is 0 Å². The van der Waals surface area contributed by atoms with Gasteiger partial charge in [0.25, 0.3) is 10.0 Å². The summed E-state index contributed by atoms with van der Waals surface area (Å²) >= 11 is 6.30. The third kappa shape index (κ3) is 4.04. The lowest BCUT2D eigenvalue weighted by Gasteiger charge is -2.24. The number of hydrogen-bond donors (Lipinski definition) is 1. The van der Waals surface area contributed by atoms with Crippen LogP contribution in [0.15, 0.2) is 83.8 Å². The van der Waals surface area contributed by atoms with Gasteiger partial charge in [-0.3, -0.25) is 9.10 Å². The minimum atomic E-state index is -4.00. The first-order valence-electron chi connectivity index (χ1n) is 11.0. The number of nitrogens with one attached hydrogen (secondary N) is 1. The quantitative estimate of drug-likeness (QED) is 0.375. The fraction of sp³-hybridized carbons (Fsp3) is 0.148. The number of aryl methyl sites for hydroxylation is 3. The van der Waals surface area contributed by atoms with Gasteiger partial charge >= 0.3 is 0 Å². The van der Waals surface area contributed by atoms with E-state index in [1.54, 1.807) is 36.4 Å². The summed E-state index contributed by atoms with van der Waals surface area (Å²) in [6, 6.07) is 23.1. The molecule has 4 aromatic carbocycles. The minimum Gasteiger partial charge on any atom is -0.324 e. The average Bonchev–Trinajstić information content (AvgIpc) is 3.26. The van der Waals surface area contributed by atoms with E-state index in [1.807, 2.05) is 31.2 Å². The van der Waals surface area contributed by atoms with E-state index in [-0.39, 0.29) is 11.4 Å². The molecule has 0 fully saturated rings. The third-order valence-corrected chi connectivity index (χ3v) is 8.41. The second kappa shape index (κ2) is 8.78. The fourth-order valence-corrected chi connectivity index (χ4v) is 6.06. The Hall–Kier alpha value is -3.35. The van der Waals surface area contributed by atoms with Crippen LogP contribution in [-0.4, -0.2) is 20.9 Å². The first-order chi connectivity index (χ1) is 16.3. The Labute approximate surface area is 204 Å². The maximum Gasteiger partial charge on any atom is 0.264 e. The number of amides is 1. The van der Waals surface area contributed by atoms with Crippen LogP contribution in [0.3, 0.4) is 0 Å². The van der Waals surface area contributed by atoms with Gasteiger partial charge in [0.2, 0.25) is 5.91 Å². The van der Waals surface area contributed by atoms with Crippen molar-refractivity contribution in [3.63, 3.8) is 0 Å². The predicted molar refractivity (Wildman–Crippen MR) is 137 cm³/mol. The first kappa shape index (κ1) is 22.4. The van der Waals surface area contributed by atoms with Crippen molar-refractivity contribution in [1.29, 1.82) is 0 Å². The smallest absolute Gasteiger partial charge is 0.264 e. The maximum atomic E-state index is 13.5. The second-order valence-corrected chi connectivity index (χ2v) is 10.7. The van der Waals surface area contributed by atoms with Crippen molar-refractivity contribution in [1.82, 2.24) is 0 Å². The standard InChI is InChI=1S/C27H23ClN2O3S/c1-18-10-14-21(16-24(18)28)30(34(32,33)22-7-3-2-4-8-22)17-26(31)29-25-15-13-20-12-11-19-6-5-9-23(25)27(19)20/h2-10,13-16H,11-12,17H2,1H3,(H,29,31). The van der Waals surface area contributed by atoms with Gasteiger partial charge in [-0.25, -0.2) is 8.42 Å². The Morgan fingerprint density at radius 1 is 0.941 bits per heavy atom. The number of benzene rings is 4. The zero-order chi connectivity index (χ0) is 23.9. The van der Waals surface area contributed by atoms with Crippen molar-refractivity contribution in [2.75, 3.05) is 16.2 Å². The van der Waals surface area contributed by atoms with Crippen LogP contribution >= 0.6 is 11.6 Å². The number of sulfonamides is 1. The van der Waals surface area contributed by atoms with Crippen LogP contribution in [0.2, 0.25) is 5.02 Å². The molecule has 0 heterocycles. The van der Waals surface area contributed by atoms with E-state index in [9.17, 15) is 13.2 Å². The highest BCUT2D eigenvalue weighted by Crippen LogP contribution is 2.35. The zero-order valence-corrected chi connectivity index (χ0v) is 20.2. The van der Waals surface area contributed by atoms with Crippen LogP contribution in [-0.2, 0) is 27.7 Å². The van der Waals surface area contributed by atoms with Crippen molar-refractivity contribution >= 4 is 49.7 Å². The number of carbonyl (C=O) groups excluding carboxylic acids is 1. The summed E-state index contributed by atoms with van der Waals surface area (Å²) < 4.78 is 28.2. The number of carbonyl (C=O) groups is 1. The summed E-state index contributed by atoms with van der Waals surface area (Å²) in [4.78, 5) is 13.3. The van der Waals surface area contributed by atoms with Gasteiger partial charge in [-0.05, 0) is 72.2 Å². The molecule has 172 valence electrons. The Morgan fingerprint density at radius 2 is 1.68 bits per heavy atom.